The van der Waals surface area contributed by atoms with E-state index in [2.05, 4.69) is 36.1 Å². The number of hydrogen-bond donors (Lipinski definition) is 0. The molecule has 0 N–H and O–H groups in total. The molecule has 2 aliphatic heterocycles. The van der Waals surface area contributed by atoms with Crippen LogP contribution in [0.3, 0.4) is 0 Å². The molecule has 0 saturated heterocycles. The topological polar surface area (TPSA) is 28.0 Å². The van der Waals surface area contributed by atoms with Gasteiger partial charge in [-0.15, -0.1) is 0 Å². The van der Waals surface area contributed by atoms with E-state index in [1.165, 1.54) is 34.7 Å². The van der Waals surface area contributed by atoms with Gasteiger partial charge in [0.1, 0.15) is 11.7 Å². The first-order chi connectivity index (χ1) is 9.34. The zero-order chi connectivity index (χ0) is 12.8. The van der Waals surface area contributed by atoms with Crippen molar-refractivity contribution in [2.75, 3.05) is 13.1 Å². The van der Waals surface area contributed by atoms with Crippen LogP contribution in [-0.4, -0.2) is 29.7 Å². The second-order valence-electron chi connectivity index (χ2n) is 5.35. The molecule has 2 heterocycles. The van der Waals surface area contributed by atoms with Crippen LogP contribution in [0.5, 0.6) is 0 Å². The van der Waals surface area contributed by atoms with Gasteiger partial charge in [-0.1, -0.05) is 24.3 Å². The highest BCUT2D eigenvalue weighted by Crippen LogP contribution is 2.36. The molecule has 3 heteroatoms. The number of fused-ring (bicyclic) bond motifs is 4. The number of rotatable bonds is 0. The Labute approximate surface area is 113 Å². The summed E-state index contributed by atoms with van der Waals surface area (Å²) in [7, 11) is 0. The molecule has 0 unspecified atom stereocenters. The van der Waals surface area contributed by atoms with Crippen molar-refractivity contribution in [3.05, 3.63) is 41.0 Å². The summed E-state index contributed by atoms with van der Waals surface area (Å²) in [6.45, 7) is 3.99. The Morgan fingerprint density at radius 3 is 3.00 bits per heavy atom. The lowest BCUT2D eigenvalue weighted by atomic mass is 10.0. The van der Waals surface area contributed by atoms with E-state index < -0.39 is 0 Å². The second kappa shape index (κ2) is 4.05. The predicted molar refractivity (Wildman–Crippen MR) is 78.4 cm³/mol. The normalized spacial score (nSPS) is 21.2. The van der Waals surface area contributed by atoms with Gasteiger partial charge in [0.2, 0.25) is 0 Å². The average molecular weight is 251 g/mol. The Kier molecular flexibility index (Phi) is 2.34. The standard InChI is InChI=1S/C16H17N3/c1-11-18-15-13-7-3-2-5-12(13)6-4-8-14(15)16-17-9-10-19(11)16/h2-3,5,7H,4,6,8-10H2,1H3. The van der Waals surface area contributed by atoms with E-state index in [9.17, 15) is 0 Å². The van der Waals surface area contributed by atoms with E-state index in [1.807, 2.05) is 0 Å². The smallest absolute Gasteiger partial charge is 0.134 e. The molecule has 4 rings (SSSR count). The third-order valence-corrected chi connectivity index (χ3v) is 4.21. The molecule has 0 saturated carbocycles. The Balaban J connectivity index is 1.96. The molecule has 0 aromatic heterocycles. The van der Waals surface area contributed by atoms with Crippen molar-refractivity contribution >= 4 is 17.4 Å². The maximum absolute atomic E-state index is 4.89. The van der Waals surface area contributed by atoms with Crippen molar-refractivity contribution in [3.8, 4) is 0 Å². The van der Waals surface area contributed by atoms with Gasteiger partial charge in [0, 0.05) is 17.7 Å². The summed E-state index contributed by atoms with van der Waals surface area (Å²) in [4.78, 5) is 11.9. The Morgan fingerprint density at radius 2 is 2.05 bits per heavy atom. The molecule has 0 spiro atoms. The molecule has 0 atom stereocenters. The monoisotopic (exact) mass is 251 g/mol. The van der Waals surface area contributed by atoms with Crippen molar-refractivity contribution in [1.29, 1.82) is 0 Å². The van der Waals surface area contributed by atoms with Crippen molar-refractivity contribution < 1.29 is 0 Å². The zero-order valence-electron chi connectivity index (χ0n) is 11.2. The summed E-state index contributed by atoms with van der Waals surface area (Å²) in [5, 5.41) is 0. The third kappa shape index (κ3) is 1.57. The van der Waals surface area contributed by atoms with E-state index in [0.29, 0.717) is 0 Å². The lowest BCUT2D eigenvalue weighted by molar-refractivity contribution is 0.652. The SMILES string of the molecule is CC1=NC2=C(CCCc3ccccc32)C2=NCCN12. The van der Waals surface area contributed by atoms with Crippen LogP contribution in [0.1, 0.15) is 30.9 Å². The first-order valence-corrected chi connectivity index (χ1v) is 7.03. The minimum atomic E-state index is 0.903. The van der Waals surface area contributed by atoms with Crippen LogP contribution in [0.25, 0.3) is 5.70 Å². The van der Waals surface area contributed by atoms with Gasteiger partial charge >= 0.3 is 0 Å². The van der Waals surface area contributed by atoms with Crippen LogP contribution >= 0.6 is 0 Å². The van der Waals surface area contributed by atoms with Gasteiger partial charge in [-0.2, -0.15) is 0 Å². The molecule has 1 aromatic carbocycles. The minimum absolute atomic E-state index is 0.903. The van der Waals surface area contributed by atoms with E-state index in [1.54, 1.807) is 0 Å². The molecule has 0 bridgehead atoms. The summed E-state index contributed by atoms with van der Waals surface area (Å²) >= 11 is 0. The number of aliphatic imine (C=N–C) groups is 2. The Hall–Kier alpha value is -1.90. The molecule has 3 aliphatic rings. The van der Waals surface area contributed by atoms with E-state index in [0.717, 1.165) is 31.8 Å². The maximum Gasteiger partial charge on any atom is 0.134 e. The number of hydrogen-bond acceptors (Lipinski definition) is 3. The Morgan fingerprint density at radius 1 is 1.16 bits per heavy atom. The summed E-state index contributed by atoms with van der Waals surface area (Å²) in [5.74, 6) is 2.27. The van der Waals surface area contributed by atoms with Gasteiger partial charge in [-0.25, -0.2) is 4.99 Å². The maximum atomic E-state index is 4.89. The highest BCUT2D eigenvalue weighted by Gasteiger charge is 2.31. The van der Waals surface area contributed by atoms with Gasteiger partial charge < -0.3 is 4.90 Å². The van der Waals surface area contributed by atoms with Crippen LogP contribution in [0.2, 0.25) is 0 Å². The molecule has 3 nitrogen and oxygen atoms in total. The molecule has 1 aromatic rings. The van der Waals surface area contributed by atoms with E-state index in [4.69, 9.17) is 9.98 Å². The lowest BCUT2D eigenvalue weighted by Gasteiger charge is -2.27. The number of aryl methyl sites for hydroxylation is 1. The summed E-state index contributed by atoms with van der Waals surface area (Å²) in [5.41, 5.74) is 5.26. The summed E-state index contributed by atoms with van der Waals surface area (Å²) < 4.78 is 0. The molecular formula is C16H17N3. The largest absolute Gasteiger partial charge is 0.313 e. The van der Waals surface area contributed by atoms with Gasteiger partial charge in [0.25, 0.3) is 0 Å². The second-order valence-corrected chi connectivity index (χ2v) is 5.35. The van der Waals surface area contributed by atoms with Crippen LogP contribution in [0.15, 0.2) is 39.8 Å². The van der Waals surface area contributed by atoms with E-state index >= 15 is 0 Å². The summed E-state index contributed by atoms with van der Waals surface area (Å²) in [6.07, 6.45) is 3.43. The number of amidine groups is 2. The highest BCUT2D eigenvalue weighted by atomic mass is 15.3. The number of benzene rings is 1. The molecule has 1 aliphatic carbocycles. The van der Waals surface area contributed by atoms with Crippen molar-refractivity contribution in [1.82, 2.24) is 4.90 Å². The van der Waals surface area contributed by atoms with Crippen LogP contribution in [-0.2, 0) is 6.42 Å². The molecule has 0 radical (unpaired) electrons. The van der Waals surface area contributed by atoms with Crippen molar-refractivity contribution in [2.24, 2.45) is 9.98 Å². The predicted octanol–water partition coefficient (Wildman–Crippen LogP) is 2.88. The fourth-order valence-corrected chi connectivity index (χ4v) is 3.29. The van der Waals surface area contributed by atoms with Gasteiger partial charge in [-0.3, -0.25) is 4.99 Å². The van der Waals surface area contributed by atoms with Gasteiger partial charge in [-0.05, 0) is 31.7 Å². The van der Waals surface area contributed by atoms with Crippen LogP contribution in [0, 0.1) is 0 Å². The fourth-order valence-electron chi connectivity index (χ4n) is 3.29. The fraction of sp³-hybridized carbons (Fsp3) is 0.375. The molecule has 0 amide bonds. The van der Waals surface area contributed by atoms with Gasteiger partial charge in [0.05, 0.1) is 12.2 Å². The third-order valence-electron chi connectivity index (χ3n) is 4.21. The molecule has 0 fully saturated rings. The summed E-state index contributed by atoms with van der Waals surface area (Å²) in [6, 6.07) is 8.68. The lowest BCUT2D eigenvalue weighted by Crippen LogP contribution is -2.36. The quantitative estimate of drug-likeness (QED) is 0.696. The zero-order valence-corrected chi connectivity index (χ0v) is 11.2. The van der Waals surface area contributed by atoms with E-state index in [-0.39, 0.29) is 0 Å². The number of nitrogens with zero attached hydrogens (tertiary/aromatic N) is 3. The Bertz CT molecular complexity index is 637. The van der Waals surface area contributed by atoms with Crippen molar-refractivity contribution in [2.45, 2.75) is 26.2 Å². The first kappa shape index (κ1) is 11.0. The molecule has 96 valence electrons. The minimum Gasteiger partial charge on any atom is -0.313 e. The first-order valence-electron chi connectivity index (χ1n) is 7.03. The van der Waals surface area contributed by atoms with Crippen LogP contribution < -0.4 is 0 Å². The molecule has 19 heavy (non-hydrogen) atoms. The van der Waals surface area contributed by atoms with Crippen molar-refractivity contribution in [3.63, 3.8) is 0 Å². The van der Waals surface area contributed by atoms with Crippen LogP contribution in [0.4, 0.5) is 0 Å². The average Bonchev–Trinajstić information content (AvgIpc) is 2.85. The highest BCUT2D eigenvalue weighted by molar-refractivity contribution is 6.17. The van der Waals surface area contributed by atoms with Gasteiger partial charge in [0.15, 0.2) is 0 Å². The molecular weight excluding hydrogens is 234 g/mol.